The summed E-state index contributed by atoms with van der Waals surface area (Å²) in [7, 11) is -3.14. The summed E-state index contributed by atoms with van der Waals surface area (Å²) in [6, 6.07) is 7.52. The van der Waals surface area contributed by atoms with E-state index in [1.54, 1.807) is 31.6 Å². The SMILES string of the molecule is CC(C)(C)S(=O)(=O)CCn1cc(-c2cccc(N)c2)cn1. The fourth-order valence-electron chi connectivity index (χ4n) is 1.87. The Morgan fingerprint density at radius 1 is 1.24 bits per heavy atom. The number of hydrogen-bond acceptors (Lipinski definition) is 4. The number of nitrogens with zero attached hydrogens (tertiary/aromatic N) is 2. The van der Waals surface area contributed by atoms with Gasteiger partial charge < -0.3 is 5.73 Å². The Balaban J connectivity index is 2.12. The number of anilines is 1. The maximum absolute atomic E-state index is 12.1. The van der Waals surface area contributed by atoms with Crippen LogP contribution >= 0.6 is 0 Å². The van der Waals surface area contributed by atoms with Crippen LogP contribution in [0.1, 0.15) is 20.8 Å². The number of benzene rings is 1. The standard InChI is InChI=1S/C15H21N3O2S/c1-15(2,3)21(19,20)8-7-18-11-13(10-17-18)12-5-4-6-14(16)9-12/h4-6,9-11H,7-8,16H2,1-3H3. The smallest absolute Gasteiger partial charge is 0.157 e. The second kappa shape index (κ2) is 5.52. The molecule has 0 fully saturated rings. The number of sulfone groups is 1. The molecule has 0 amide bonds. The Labute approximate surface area is 125 Å². The van der Waals surface area contributed by atoms with Crippen LogP contribution in [0.3, 0.4) is 0 Å². The Hall–Kier alpha value is -1.82. The van der Waals surface area contributed by atoms with Crippen LogP contribution in [0.15, 0.2) is 36.7 Å². The Bertz CT molecular complexity index is 727. The molecule has 2 rings (SSSR count). The van der Waals surface area contributed by atoms with E-state index in [1.807, 2.05) is 30.5 Å². The van der Waals surface area contributed by atoms with Gasteiger partial charge in [-0.15, -0.1) is 0 Å². The molecule has 0 aliphatic heterocycles. The minimum Gasteiger partial charge on any atom is -0.399 e. The van der Waals surface area contributed by atoms with Gasteiger partial charge in [-0.1, -0.05) is 12.1 Å². The van der Waals surface area contributed by atoms with Crippen molar-refractivity contribution in [2.45, 2.75) is 32.1 Å². The molecule has 6 heteroatoms. The lowest BCUT2D eigenvalue weighted by molar-refractivity contribution is 0.548. The quantitative estimate of drug-likeness (QED) is 0.879. The van der Waals surface area contributed by atoms with Crippen molar-refractivity contribution < 1.29 is 8.42 Å². The Morgan fingerprint density at radius 3 is 2.57 bits per heavy atom. The minimum atomic E-state index is -3.14. The highest BCUT2D eigenvalue weighted by Crippen LogP contribution is 2.21. The molecule has 0 radical (unpaired) electrons. The number of rotatable bonds is 4. The second-order valence-electron chi connectivity index (χ2n) is 6.05. The van der Waals surface area contributed by atoms with Crippen LogP contribution in [0.4, 0.5) is 5.69 Å². The third-order valence-corrected chi connectivity index (χ3v) is 5.96. The third kappa shape index (κ3) is 3.64. The van der Waals surface area contributed by atoms with Gasteiger partial charge in [0.1, 0.15) is 0 Å². The van der Waals surface area contributed by atoms with Crippen LogP contribution in [0.2, 0.25) is 0 Å². The van der Waals surface area contributed by atoms with Gasteiger partial charge in [0.25, 0.3) is 0 Å². The van der Waals surface area contributed by atoms with E-state index in [0.29, 0.717) is 12.2 Å². The number of aryl methyl sites for hydroxylation is 1. The first kappa shape index (κ1) is 15.6. The molecule has 0 unspecified atom stereocenters. The zero-order valence-corrected chi connectivity index (χ0v) is 13.4. The van der Waals surface area contributed by atoms with E-state index in [4.69, 9.17) is 5.73 Å². The van der Waals surface area contributed by atoms with Crippen LogP contribution in [-0.4, -0.2) is 28.7 Å². The minimum absolute atomic E-state index is 0.0779. The van der Waals surface area contributed by atoms with Gasteiger partial charge in [-0.2, -0.15) is 5.10 Å². The van der Waals surface area contributed by atoms with E-state index >= 15 is 0 Å². The van der Waals surface area contributed by atoms with Crippen LogP contribution in [-0.2, 0) is 16.4 Å². The molecule has 0 aliphatic rings. The van der Waals surface area contributed by atoms with Gasteiger partial charge in [0, 0.05) is 17.4 Å². The topological polar surface area (TPSA) is 78.0 Å². The van der Waals surface area contributed by atoms with Gasteiger partial charge in [-0.3, -0.25) is 4.68 Å². The van der Waals surface area contributed by atoms with Gasteiger partial charge in [0.05, 0.1) is 23.2 Å². The number of nitrogen functional groups attached to an aromatic ring is 1. The fourth-order valence-corrected chi connectivity index (χ4v) is 2.91. The van der Waals surface area contributed by atoms with Crippen molar-refractivity contribution in [3.05, 3.63) is 36.7 Å². The van der Waals surface area contributed by atoms with E-state index in [-0.39, 0.29) is 5.75 Å². The molecule has 21 heavy (non-hydrogen) atoms. The average Bonchev–Trinajstić information content (AvgIpc) is 2.84. The lowest BCUT2D eigenvalue weighted by atomic mass is 10.1. The first-order valence-electron chi connectivity index (χ1n) is 6.80. The predicted octanol–water partition coefficient (Wildman–Crippen LogP) is 2.35. The highest BCUT2D eigenvalue weighted by Gasteiger charge is 2.28. The van der Waals surface area contributed by atoms with E-state index < -0.39 is 14.6 Å². The molecule has 2 aromatic rings. The largest absolute Gasteiger partial charge is 0.399 e. The van der Waals surface area contributed by atoms with Gasteiger partial charge in [-0.25, -0.2) is 8.42 Å². The van der Waals surface area contributed by atoms with Gasteiger partial charge in [0.15, 0.2) is 9.84 Å². The maximum Gasteiger partial charge on any atom is 0.157 e. The molecular formula is C15H21N3O2S. The molecule has 0 saturated heterocycles. The first-order chi connectivity index (χ1) is 9.69. The van der Waals surface area contributed by atoms with Crippen molar-refractivity contribution in [2.75, 3.05) is 11.5 Å². The fraction of sp³-hybridized carbons (Fsp3) is 0.400. The molecule has 0 spiro atoms. The van der Waals surface area contributed by atoms with E-state index in [9.17, 15) is 8.42 Å². The molecule has 0 aliphatic carbocycles. The zero-order chi connectivity index (χ0) is 15.7. The van der Waals surface area contributed by atoms with Crippen molar-refractivity contribution in [3.8, 4) is 11.1 Å². The zero-order valence-electron chi connectivity index (χ0n) is 12.6. The van der Waals surface area contributed by atoms with Gasteiger partial charge in [0.2, 0.25) is 0 Å². The first-order valence-corrected chi connectivity index (χ1v) is 8.45. The highest BCUT2D eigenvalue weighted by atomic mass is 32.2. The Kier molecular flexibility index (Phi) is 4.09. The summed E-state index contributed by atoms with van der Waals surface area (Å²) in [5.41, 5.74) is 8.35. The van der Waals surface area contributed by atoms with Crippen molar-refractivity contribution >= 4 is 15.5 Å². The van der Waals surface area contributed by atoms with E-state index in [2.05, 4.69) is 5.10 Å². The molecular weight excluding hydrogens is 286 g/mol. The molecule has 1 aromatic carbocycles. The summed E-state index contributed by atoms with van der Waals surface area (Å²) in [6.45, 7) is 5.48. The number of hydrogen-bond donors (Lipinski definition) is 1. The molecule has 0 bridgehead atoms. The second-order valence-corrected chi connectivity index (χ2v) is 8.91. The van der Waals surface area contributed by atoms with E-state index in [0.717, 1.165) is 11.1 Å². The number of nitrogens with two attached hydrogens (primary N) is 1. The van der Waals surface area contributed by atoms with Crippen LogP contribution < -0.4 is 5.73 Å². The Morgan fingerprint density at radius 2 is 1.95 bits per heavy atom. The highest BCUT2D eigenvalue weighted by molar-refractivity contribution is 7.92. The van der Waals surface area contributed by atoms with Crippen molar-refractivity contribution in [1.29, 1.82) is 0 Å². The van der Waals surface area contributed by atoms with E-state index in [1.165, 1.54) is 0 Å². The summed E-state index contributed by atoms with van der Waals surface area (Å²) in [5.74, 6) is 0.0779. The van der Waals surface area contributed by atoms with Gasteiger partial charge >= 0.3 is 0 Å². The summed E-state index contributed by atoms with van der Waals surface area (Å²) >= 11 is 0. The summed E-state index contributed by atoms with van der Waals surface area (Å²) in [6.07, 6.45) is 3.56. The number of aromatic nitrogens is 2. The summed E-state index contributed by atoms with van der Waals surface area (Å²) in [5, 5.41) is 4.22. The summed E-state index contributed by atoms with van der Waals surface area (Å²) < 4.78 is 25.1. The lowest BCUT2D eigenvalue weighted by Crippen LogP contribution is -2.32. The van der Waals surface area contributed by atoms with Crippen molar-refractivity contribution in [3.63, 3.8) is 0 Å². The average molecular weight is 307 g/mol. The van der Waals surface area contributed by atoms with Crippen LogP contribution in [0.5, 0.6) is 0 Å². The molecule has 1 heterocycles. The monoisotopic (exact) mass is 307 g/mol. The molecule has 2 N–H and O–H groups in total. The maximum atomic E-state index is 12.1. The molecule has 114 valence electrons. The molecule has 0 saturated carbocycles. The third-order valence-electron chi connectivity index (χ3n) is 3.38. The lowest BCUT2D eigenvalue weighted by Gasteiger charge is -2.18. The van der Waals surface area contributed by atoms with Crippen LogP contribution in [0.25, 0.3) is 11.1 Å². The predicted molar refractivity (Wildman–Crippen MR) is 85.6 cm³/mol. The van der Waals surface area contributed by atoms with Gasteiger partial charge in [-0.05, 0) is 38.5 Å². The summed E-state index contributed by atoms with van der Waals surface area (Å²) in [4.78, 5) is 0. The molecule has 1 aromatic heterocycles. The van der Waals surface area contributed by atoms with Crippen molar-refractivity contribution in [2.24, 2.45) is 0 Å². The molecule has 5 nitrogen and oxygen atoms in total. The normalized spacial score (nSPS) is 12.5. The molecule has 0 atom stereocenters. The van der Waals surface area contributed by atoms with Crippen molar-refractivity contribution in [1.82, 2.24) is 9.78 Å². The van der Waals surface area contributed by atoms with Crippen LogP contribution in [0, 0.1) is 0 Å².